The topological polar surface area (TPSA) is 112 Å². The van der Waals surface area contributed by atoms with Crippen molar-refractivity contribution < 1.29 is 13.6 Å². The third-order valence-electron chi connectivity index (χ3n) is 6.96. The largest absolute Gasteiger partial charge is 0.336 e. The van der Waals surface area contributed by atoms with Gasteiger partial charge in [-0.2, -0.15) is 5.10 Å². The van der Waals surface area contributed by atoms with Crippen LogP contribution >= 0.6 is 0 Å². The van der Waals surface area contributed by atoms with E-state index in [0.717, 1.165) is 5.56 Å². The number of fused-ring (bicyclic) bond motifs is 2. The molecule has 4 aromatic heterocycles. The fourth-order valence-corrected chi connectivity index (χ4v) is 5.01. The number of amides is 1. The maximum atomic E-state index is 16.2. The minimum atomic E-state index is -0.529. The molecule has 0 unspecified atom stereocenters. The minimum Gasteiger partial charge on any atom is -0.336 e. The summed E-state index contributed by atoms with van der Waals surface area (Å²) in [7, 11) is 0. The molecule has 0 aliphatic carbocycles. The van der Waals surface area contributed by atoms with Gasteiger partial charge in [0.05, 0.1) is 34.7 Å². The van der Waals surface area contributed by atoms with E-state index in [9.17, 15) is 9.18 Å². The molecule has 204 valence electrons. The summed E-state index contributed by atoms with van der Waals surface area (Å²) in [6.07, 6.45) is 4.81. The quantitative estimate of drug-likeness (QED) is 0.211. The van der Waals surface area contributed by atoms with Crippen LogP contribution in [0, 0.1) is 11.6 Å². The van der Waals surface area contributed by atoms with E-state index in [0.29, 0.717) is 44.9 Å². The number of pyridine rings is 2. The third kappa shape index (κ3) is 4.54. The Hall–Kier alpha value is -5.77. The summed E-state index contributed by atoms with van der Waals surface area (Å²) < 4.78 is 30.8. The molecule has 1 amide bonds. The first-order chi connectivity index (χ1) is 20.5. The van der Waals surface area contributed by atoms with E-state index in [1.807, 2.05) is 30.3 Å². The lowest BCUT2D eigenvalue weighted by Crippen LogP contribution is -2.14. The van der Waals surface area contributed by atoms with Crippen LogP contribution < -0.4 is 5.32 Å². The Morgan fingerprint density at radius 3 is 2.55 bits per heavy atom. The Labute approximate surface area is 237 Å². The van der Waals surface area contributed by atoms with Crippen LogP contribution in [0.3, 0.4) is 0 Å². The summed E-state index contributed by atoms with van der Waals surface area (Å²) in [4.78, 5) is 29.0. The van der Waals surface area contributed by atoms with E-state index in [1.165, 1.54) is 18.5 Å². The van der Waals surface area contributed by atoms with Crippen molar-refractivity contribution in [1.82, 2.24) is 30.1 Å². The highest BCUT2D eigenvalue weighted by Gasteiger charge is 2.21. The summed E-state index contributed by atoms with van der Waals surface area (Å²) in [5, 5.41) is 10.3. The van der Waals surface area contributed by atoms with Gasteiger partial charge in [-0.15, -0.1) is 0 Å². The normalized spacial score (nSPS) is 11.3. The van der Waals surface area contributed by atoms with Gasteiger partial charge in [0.2, 0.25) is 5.91 Å². The van der Waals surface area contributed by atoms with Crippen molar-refractivity contribution in [3.05, 3.63) is 115 Å². The Morgan fingerprint density at radius 2 is 1.69 bits per heavy atom. The summed E-state index contributed by atoms with van der Waals surface area (Å²) in [5.74, 6) is -0.853. The monoisotopic (exact) mass is 557 g/mol. The number of imidazole rings is 1. The van der Waals surface area contributed by atoms with Gasteiger partial charge in [0.15, 0.2) is 5.82 Å². The summed E-state index contributed by atoms with van der Waals surface area (Å²) in [5.41, 5.74) is 4.55. The van der Waals surface area contributed by atoms with Gasteiger partial charge >= 0.3 is 0 Å². The van der Waals surface area contributed by atoms with E-state index in [1.54, 1.807) is 48.7 Å². The summed E-state index contributed by atoms with van der Waals surface area (Å²) >= 11 is 0. The zero-order chi connectivity index (χ0) is 28.6. The van der Waals surface area contributed by atoms with Crippen LogP contribution in [-0.2, 0) is 11.2 Å². The second-order valence-electron chi connectivity index (χ2n) is 9.72. The number of H-pyrrole nitrogens is 2. The van der Waals surface area contributed by atoms with Gasteiger partial charge in [0.25, 0.3) is 0 Å². The van der Waals surface area contributed by atoms with E-state index >= 15 is 4.39 Å². The zero-order valence-electron chi connectivity index (χ0n) is 21.9. The van der Waals surface area contributed by atoms with E-state index in [2.05, 4.69) is 35.5 Å². The van der Waals surface area contributed by atoms with Gasteiger partial charge in [0, 0.05) is 29.1 Å². The van der Waals surface area contributed by atoms with Gasteiger partial charge in [0.1, 0.15) is 28.5 Å². The molecule has 0 saturated carbocycles. The first-order valence-corrected chi connectivity index (χ1v) is 13.1. The first-order valence-electron chi connectivity index (χ1n) is 13.1. The van der Waals surface area contributed by atoms with Crippen molar-refractivity contribution >= 4 is 33.5 Å². The van der Waals surface area contributed by atoms with Crippen molar-refractivity contribution in [3.63, 3.8) is 0 Å². The molecule has 8 nitrogen and oxygen atoms in total. The third-order valence-corrected chi connectivity index (χ3v) is 6.96. The molecule has 0 atom stereocenters. The van der Waals surface area contributed by atoms with Crippen LogP contribution in [0.15, 0.2) is 97.5 Å². The van der Waals surface area contributed by atoms with Gasteiger partial charge in [-0.05, 0) is 42.0 Å². The Balaban J connectivity index is 1.25. The number of anilines is 1. The van der Waals surface area contributed by atoms with E-state index < -0.39 is 11.6 Å². The molecule has 0 saturated heterocycles. The Morgan fingerprint density at radius 1 is 0.857 bits per heavy atom. The van der Waals surface area contributed by atoms with Crippen LogP contribution in [0.5, 0.6) is 0 Å². The fraction of sp³-hybridized carbons (Fsp3) is 0.0312. The van der Waals surface area contributed by atoms with E-state index in [4.69, 9.17) is 0 Å². The molecule has 0 radical (unpaired) electrons. The lowest BCUT2D eigenvalue weighted by molar-refractivity contribution is -0.115. The highest BCUT2D eigenvalue weighted by atomic mass is 19.1. The number of rotatable bonds is 6. The molecule has 0 bridgehead atoms. The number of carbonyl (C=O) groups is 1. The average Bonchev–Trinajstić information content (AvgIpc) is 3.63. The maximum Gasteiger partial charge on any atom is 0.228 e. The predicted octanol–water partition coefficient (Wildman–Crippen LogP) is 6.69. The molecule has 7 rings (SSSR count). The van der Waals surface area contributed by atoms with Crippen molar-refractivity contribution in [2.24, 2.45) is 0 Å². The highest BCUT2D eigenvalue weighted by molar-refractivity contribution is 5.98. The number of benzene rings is 3. The highest BCUT2D eigenvalue weighted by Crippen LogP contribution is 2.35. The molecular formula is C32H21F2N7O. The average molecular weight is 558 g/mol. The van der Waals surface area contributed by atoms with Crippen LogP contribution in [-0.4, -0.2) is 36.0 Å². The summed E-state index contributed by atoms with van der Waals surface area (Å²) in [6, 6.07) is 22.5. The maximum absolute atomic E-state index is 16.2. The van der Waals surface area contributed by atoms with Crippen LogP contribution in [0.1, 0.15) is 5.56 Å². The van der Waals surface area contributed by atoms with Crippen molar-refractivity contribution in [2.45, 2.75) is 6.42 Å². The number of nitrogens with zero attached hydrogens (tertiary/aromatic N) is 4. The zero-order valence-corrected chi connectivity index (χ0v) is 21.9. The Kier molecular flexibility index (Phi) is 6.20. The van der Waals surface area contributed by atoms with Gasteiger partial charge in [-0.1, -0.05) is 42.5 Å². The second-order valence-corrected chi connectivity index (χ2v) is 9.72. The predicted molar refractivity (Wildman–Crippen MR) is 156 cm³/mol. The number of aromatic nitrogens is 6. The molecule has 3 N–H and O–H groups in total. The summed E-state index contributed by atoms with van der Waals surface area (Å²) in [6.45, 7) is 0. The SMILES string of the molecule is O=C(Cc1ccccc1)Nc1cncc(-c2ccc3[nH]nc(-c4nc5c(-c6ccccc6F)nccc5[nH]4)c3c2F)c1. The van der Waals surface area contributed by atoms with Gasteiger partial charge in [-0.3, -0.25) is 19.9 Å². The molecule has 0 aliphatic heterocycles. The fourth-order valence-electron chi connectivity index (χ4n) is 5.01. The van der Waals surface area contributed by atoms with Crippen LogP contribution in [0.4, 0.5) is 14.5 Å². The number of carbonyl (C=O) groups excluding carboxylic acids is 1. The second kappa shape index (κ2) is 10.3. The van der Waals surface area contributed by atoms with Crippen molar-refractivity contribution in [3.8, 4) is 33.9 Å². The van der Waals surface area contributed by atoms with Crippen LogP contribution in [0.25, 0.3) is 55.8 Å². The minimum absolute atomic E-state index is 0.204. The first kappa shape index (κ1) is 25.2. The number of nitrogens with one attached hydrogen (secondary N) is 3. The number of aromatic amines is 2. The molecule has 0 aliphatic rings. The number of hydrogen-bond acceptors (Lipinski definition) is 5. The van der Waals surface area contributed by atoms with Gasteiger partial charge in [-0.25, -0.2) is 13.8 Å². The Bertz CT molecular complexity index is 2100. The molecule has 4 heterocycles. The van der Waals surface area contributed by atoms with Gasteiger partial charge < -0.3 is 10.3 Å². The molecule has 3 aromatic carbocycles. The number of hydrogen-bond donors (Lipinski definition) is 3. The van der Waals surface area contributed by atoms with E-state index in [-0.39, 0.29) is 29.0 Å². The number of halogens is 2. The molecule has 0 spiro atoms. The van der Waals surface area contributed by atoms with Crippen molar-refractivity contribution in [2.75, 3.05) is 5.32 Å². The molecule has 0 fully saturated rings. The molecule has 10 heteroatoms. The van der Waals surface area contributed by atoms with Crippen LogP contribution in [0.2, 0.25) is 0 Å². The lowest BCUT2D eigenvalue weighted by atomic mass is 10.0. The molecule has 7 aromatic rings. The molecular weight excluding hydrogens is 536 g/mol. The lowest BCUT2D eigenvalue weighted by Gasteiger charge is -2.09. The van der Waals surface area contributed by atoms with Crippen molar-refractivity contribution in [1.29, 1.82) is 0 Å². The molecule has 42 heavy (non-hydrogen) atoms. The smallest absolute Gasteiger partial charge is 0.228 e. The standard InChI is InChI=1S/C32H21F2N7O/c33-23-9-5-4-8-22(23)29-30-25(12-13-36-29)38-32(39-30)31-27-24(40-41-31)11-10-21(28(27)34)19-15-20(17-35-16-19)37-26(42)14-18-6-2-1-3-7-18/h1-13,15-17H,14H2,(H,37,42)(H,38,39)(H,40,41).